The largest absolute Gasteiger partial charge is 0.485 e. The highest BCUT2D eigenvalue weighted by Gasteiger charge is 2.35. The first-order valence-electron chi connectivity index (χ1n) is 8.69. The Hall–Kier alpha value is -3.29. The third-order valence-corrected chi connectivity index (χ3v) is 6.04. The van der Waals surface area contributed by atoms with E-state index in [0.29, 0.717) is 12.3 Å². The first-order valence-corrected chi connectivity index (χ1v) is 10.1. The van der Waals surface area contributed by atoms with Crippen molar-refractivity contribution in [1.29, 1.82) is 5.26 Å². The van der Waals surface area contributed by atoms with E-state index < -0.39 is 22.2 Å². The number of sulfonamides is 1. The van der Waals surface area contributed by atoms with Crippen molar-refractivity contribution in [2.75, 3.05) is 36.8 Å². The number of carboxylic acid groups (broad SMARTS) is 1. The molecule has 3 rings (SSSR count). The fraction of sp³-hybridized carbons (Fsp3) is 0.263. The highest BCUT2D eigenvalue weighted by atomic mass is 32.2. The van der Waals surface area contributed by atoms with Gasteiger partial charge in [-0.25, -0.2) is 13.2 Å². The molecule has 1 aliphatic rings. The smallest absolute Gasteiger partial charge is 0.409 e. The Labute approximate surface area is 168 Å². The average molecular weight is 416 g/mol. The van der Waals surface area contributed by atoms with Gasteiger partial charge in [-0.1, -0.05) is 6.07 Å². The topological polar surface area (TPSA) is 123 Å². The lowest BCUT2D eigenvalue weighted by Crippen LogP contribution is -2.47. The van der Waals surface area contributed by atoms with Crippen molar-refractivity contribution in [3.63, 3.8) is 0 Å². The number of anilines is 2. The average Bonchev–Trinajstić information content (AvgIpc) is 2.66. The van der Waals surface area contributed by atoms with Crippen LogP contribution < -0.4 is 14.4 Å². The van der Waals surface area contributed by atoms with Crippen molar-refractivity contribution >= 4 is 27.5 Å². The lowest BCUT2D eigenvalue weighted by Gasteiger charge is -2.36. The molecule has 1 heterocycles. The molecule has 0 spiro atoms. The van der Waals surface area contributed by atoms with Gasteiger partial charge in [-0.3, -0.25) is 9.62 Å². The summed E-state index contributed by atoms with van der Waals surface area (Å²) in [5, 5.41) is 20.3. The van der Waals surface area contributed by atoms with Crippen LogP contribution >= 0.6 is 0 Å². The number of hydrogen-bond acceptors (Lipinski definition) is 6. The minimum atomic E-state index is -4.01. The molecule has 29 heavy (non-hydrogen) atoms. The maximum atomic E-state index is 13.4. The van der Waals surface area contributed by atoms with Crippen LogP contribution in [0, 0.1) is 11.3 Å². The van der Waals surface area contributed by atoms with E-state index in [2.05, 4.69) is 5.32 Å². The normalized spacial score (nSPS) is 15.9. The number of ether oxygens (including phenoxy) is 1. The predicted molar refractivity (Wildman–Crippen MR) is 107 cm³/mol. The summed E-state index contributed by atoms with van der Waals surface area (Å²) < 4.78 is 33.9. The zero-order valence-corrected chi connectivity index (χ0v) is 16.7. The van der Waals surface area contributed by atoms with Gasteiger partial charge in [-0.15, -0.1) is 0 Å². The summed E-state index contributed by atoms with van der Waals surface area (Å²) in [6.45, 7) is 0.527. The number of likely N-dealkylation sites (N-methyl/N-ethyl adjacent to an activating group) is 1. The Balaban J connectivity index is 2.09. The molecule has 10 heteroatoms. The number of fused-ring (bicyclic) bond motifs is 1. The van der Waals surface area contributed by atoms with Crippen LogP contribution in [0.4, 0.5) is 16.2 Å². The minimum absolute atomic E-state index is 0.0235. The number of benzene rings is 2. The van der Waals surface area contributed by atoms with Crippen LogP contribution in [0.15, 0.2) is 47.4 Å². The molecule has 2 aromatic carbocycles. The van der Waals surface area contributed by atoms with Crippen LogP contribution in [0.1, 0.15) is 5.56 Å². The second-order valence-corrected chi connectivity index (χ2v) is 8.65. The quantitative estimate of drug-likeness (QED) is 0.766. The molecular formula is C19H20N4O5S. The summed E-state index contributed by atoms with van der Waals surface area (Å²) in [5.74, 6) is 0.332. The molecule has 2 N–H and O–H groups in total. The molecule has 9 nitrogen and oxygen atoms in total. The number of rotatable bonds is 5. The number of nitrogens with one attached hydrogen (secondary N) is 1. The highest BCUT2D eigenvalue weighted by molar-refractivity contribution is 7.92. The number of carbonyl (C=O) groups is 1. The molecule has 0 aliphatic carbocycles. The van der Waals surface area contributed by atoms with Crippen LogP contribution in [-0.4, -0.2) is 57.8 Å². The van der Waals surface area contributed by atoms with E-state index in [4.69, 9.17) is 15.1 Å². The Bertz CT molecular complexity index is 1080. The predicted octanol–water partition coefficient (Wildman–Crippen LogP) is 2.17. The summed E-state index contributed by atoms with van der Waals surface area (Å²) in [6.07, 6.45) is -1.69. The van der Waals surface area contributed by atoms with E-state index in [1.807, 2.05) is 25.1 Å². The van der Waals surface area contributed by atoms with Gasteiger partial charge in [0, 0.05) is 12.2 Å². The molecule has 0 bridgehead atoms. The second-order valence-electron chi connectivity index (χ2n) is 6.79. The van der Waals surface area contributed by atoms with Gasteiger partial charge in [0.05, 0.1) is 28.8 Å². The van der Waals surface area contributed by atoms with Gasteiger partial charge in [0.15, 0.2) is 0 Å². The third-order valence-electron chi connectivity index (χ3n) is 4.26. The fourth-order valence-corrected chi connectivity index (χ4v) is 4.64. The summed E-state index contributed by atoms with van der Waals surface area (Å²) in [4.78, 5) is 12.8. The molecule has 0 aromatic heterocycles. The minimum Gasteiger partial charge on any atom is -0.485 e. The Morgan fingerprint density at radius 2 is 2.10 bits per heavy atom. The SMILES string of the molecule is CN(C)C[C@H]1CN(S(=O)(=O)c2cccc(C#N)c2)c2cc(NC(=O)O)ccc2O1. The van der Waals surface area contributed by atoms with Gasteiger partial charge in [0.2, 0.25) is 0 Å². The molecule has 1 aliphatic heterocycles. The van der Waals surface area contributed by atoms with Crippen molar-refractivity contribution in [2.24, 2.45) is 0 Å². The summed E-state index contributed by atoms with van der Waals surface area (Å²) in [5.41, 5.74) is 0.677. The summed E-state index contributed by atoms with van der Waals surface area (Å²) in [7, 11) is -0.303. The van der Waals surface area contributed by atoms with Crippen LogP contribution in [0.2, 0.25) is 0 Å². The molecule has 0 saturated heterocycles. The van der Waals surface area contributed by atoms with Gasteiger partial charge in [-0.2, -0.15) is 5.26 Å². The zero-order chi connectivity index (χ0) is 21.2. The van der Waals surface area contributed by atoms with Crippen molar-refractivity contribution in [3.8, 4) is 11.8 Å². The Morgan fingerprint density at radius 1 is 1.34 bits per heavy atom. The van der Waals surface area contributed by atoms with E-state index in [0.717, 1.165) is 0 Å². The lowest BCUT2D eigenvalue weighted by atomic mass is 10.2. The first-order chi connectivity index (χ1) is 13.7. The monoisotopic (exact) mass is 416 g/mol. The van der Waals surface area contributed by atoms with E-state index in [1.165, 1.54) is 46.8 Å². The van der Waals surface area contributed by atoms with Crippen molar-refractivity contribution in [1.82, 2.24) is 4.90 Å². The molecule has 1 amide bonds. The lowest BCUT2D eigenvalue weighted by molar-refractivity contribution is 0.159. The standard InChI is InChI=1S/C19H20N4O5S/c1-22(2)11-15-12-23(29(26,27)16-5-3-4-13(8-16)10-20)17-9-14(21-19(24)25)6-7-18(17)28-15/h3-9,15,21H,11-12H2,1-2H3,(H,24,25)/t15-/m0/s1. The molecule has 1 atom stereocenters. The van der Waals surface area contributed by atoms with E-state index in [1.54, 1.807) is 0 Å². The molecule has 152 valence electrons. The van der Waals surface area contributed by atoms with Crippen LogP contribution in [0.5, 0.6) is 5.75 Å². The molecule has 0 unspecified atom stereocenters. The van der Waals surface area contributed by atoms with Crippen molar-refractivity contribution in [2.45, 2.75) is 11.0 Å². The van der Waals surface area contributed by atoms with Gasteiger partial charge >= 0.3 is 6.09 Å². The summed E-state index contributed by atoms with van der Waals surface area (Å²) in [6, 6.07) is 12.2. The second kappa shape index (κ2) is 7.98. The van der Waals surface area contributed by atoms with Crippen LogP contribution in [-0.2, 0) is 10.0 Å². The molecular weight excluding hydrogens is 396 g/mol. The number of nitriles is 1. The number of amides is 1. The zero-order valence-electron chi connectivity index (χ0n) is 15.9. The number of hydrogen-bond donors (Lipinski definition) is 2. The molecule has 0 radical (unpaired) electrons. The van der Waals surface area contributed by atoms with Crippen LogP contribution in [0.25, 0.3) is 0 Å². The Morgan fingerprint density at radius 3 is 2.76 bits per heavy atom. The highest BCUT2D eigenvalue weighted by Crippen LogP contribution is 2.39. The van der Waals surface area contributed by atoms with Gasteiger partial charge in [-0.05, 0) is 50.5 Å². The van der Waals surface area contributed by atoms with Gasteiger partial charge in [0.25, 0.3) is 10.0 Å². The van der Waals surface area contributed by atoms with Gasteiger partial charge in [0.1, 0.15) is 11.9 Å². The molecule has 0 saturated carbocycles. The molecule has 0 fully saturated rings. The third kappa shape index (κ3) is 4.42. The van der Waals surface area contributed by atoms with E-state index in [-0.39, 0.29) is 28.4 Å². The van der Waals surface area contributed by atoms with Crippen LogP contribution in [0.3, 0.4) is 0 Å². The van der Waals surface area contributed by atoms with Crippen molar-refractivity contribution < 1.29 is 23.1 Å². The summed E-state index contributed by atoms with van der Waals surface area (Å²) >= 11 is 0. The van der Waals surface area contributed by atoms with E-state index in [9.17, 15) is 13.2 Å². The maximum absolute atomic E-state index is 13.4. The van der Waals surface area contributed by atoms with E-state index >= 15 is 0 Å². The maximum Gasteiger partial charge on any atom is 0.409 e. The van der Waals surface area contributed by atoms with Gasteiger partial charge < -0.3 is 14.7 Å². The first kappa shape index (κ1) is 20.4. The fourth-order valence-electron chi connectivity index (χ4n) is 3.10. The Kier molecular flexibility index (Phi) is 5.63. The number of nitrogens with zero attached hydrogens (tertiary/aromatic N) is 3. The van der Waals surface area contributed by atoms with Crippen molar-refractivity contribution in [3.05, 3.63) is 48.0 Å². The molecule has 2 aromatic rings.